The molecule has 38 heavy (non-hydrogen) atoms. The summed E-state index contributed by atoms with van der Waals surface area (Å²) in [5, 5.41) is 10.5. The molecule has 6 nitrogen and oxygen atoms in total. The Morgan fingerprint density at radius 2 is 1.61 bits per heavy atom. The summed E-state index contributed by atoms with van der Waals surface area (Å²) in [5.74, 6) is 0.358. The van der Waals surface area contributed by atoms with Crippen LogP contribution in [0.15, 0.2) is 66.7 Å². The zero-order valence-corrected chi connectivity index (χ0v) is 22.8. The number of thiophene rings is 1. The van der Waals surface area contributed by atoms with Crippen LogP contribution < -0.4 is 4.74 Å². The number of ketones is 1. The molecule has 2 heterocycles. The number of likely N-dealkylation sites (tertiary alicyclic amines) is 1. The Bertz CT molecular complexity index is 1410. The highest BCUT2D eigenvalue weighted by Gasteiger charge is 2.23. The molecule has 1 fully saturated rings. The molecule has 1 aliphatic rings. The maximum absolute atomic E-state index is 13.8. The summed E-state index contributed by atoms with van der Waals surface area (Å²) in [6, 6.07) is 19.3. The van der Waals surface area contributed by atoms with Gasteiger partial charge in [0.15, 0.2) is 5.78 Å². The molecule has 1 aromatic heterocycles. The van der Waals surface area contributed by atoms with Crippen LogP contribution in [-0.4, -0.2) is 55.1 Å². The average molecular weight is 552 g/mol. The lowest BCUT2D eigenvalue weighted by Crippen LogP contribution is -2.33. The van der Waals surface area contributed by atoms with E-state index in [0.29, 0.717) is 23.3 Å². The van der Waals surface area contributed by atoms with E-state index in [1.54, 1.807) is 54.6 Å². The van der Waals surface area contributed by atoms with Crippen molar-refractivity contribution >= 4 is 45.6 Å². The van der Waals surface area contributed by atoms with Crippen molar-refractivity contribution in [2.75, 3.05) is 33.4 Å². The van der Waals surface area contributed by atoms with Crippen molar-refractivity contribution in [1.29, 1.82) is 0 Å². The normalized spacial score (nSPS) is 13.6. The molecular formula is C30H30ClNO5S. The van der Waals surface area contributed by atoms with Crippen LogP contribution in [0.5, 0.6) is 11.5 Å². The number of piperidine rings is 1. The first-order valence-corrected chi connectivity index (χ1v) is 13.3. The zero-order valence-electron chi connectivity index (χ0n) is 21.1. The van der Waals surface area contributed by atoms with Gasteiger partial charge in [-0.15, -0.1) is 23.7 Å². The highest BCUT2D eigenvalue weighted by atomic mass is 35.5. The molecule has 4 aromatic rings. The number of phenolic OH excluding ortho intramolecular Hbond substituents is 1. The van der Waals surface area contributed by atoms with Crippen LogP contribution in [0.2, 0.25) is 0 Å². The van der Waals surface area contributed by atoms with Gasteiger partial charge in [-0.2, -0.15) is 0 Å². The maximum atomic E-state index is 13.8. The monoisotopic (exact) mass is 551 g/mol. The van der Waals surface area contributed by atoms with Crippen LogP contribution in [0.1, 0.15) is 45.5 Å². The van der Waals surface area contributed by atoms with Gasteiger partial charge in [0.1, 0.15) is 18.1 Å². The third-order valence-electron chi connectivity index (χ3n) is 6.71. The van der Waals surface area contributed by atoms with Crippen molar-refractivity contribution in [2.45, 2.75) is 19.3 Å². The molecule has 1 saturated heterocycles. The van der Waals surface area contributed by atoms with Crippen LogP contribution in [0.3, 0.4) is 0 Å². The Morgan fingerprint density at radius 1 is 0.921 bits per heavy atom. The molecule has 0 amide bonds. The lowest BCUT2D eigenvalue weighted by molar-refractivity contribution is 0.0601. The molecule has 198 valence electrons. The molecule has 8 heteroatoms. The summed E-state index contributed by atoms with van der Waals surface area (Å²) in [6.45, 7) is 3.80. The number of halogens is 1. The quantitative estimate of drug-likeness (QED) is 0.197. The minimum Gasteiger partial charge on any atom is -0.508 e. The highest BCUT2D eigenvalue weighted by molar-refractivity contribution is 7.22. The topological polar surface area (TPSA) is 76.1 Å². The van der Waals surface area contributed by atoms with Crippen molar-refractivity contribution < 1.29 is 24.2 Å². The van der Waals surface area contributed by atoms with Crippen LogP contribution in [0.25, 0.3) is 20.5 Å². The van der Waals surface area contributed by atoms with E-state index in [9.17, 15) is 14.7 Å². The Kier molecular flexibility index (Phi) is 9.05. The van der Waals surface area contributed by atoms with Crippen LogP contribution in [0, 0.1) is 0 Å². The van der Waals surface area contributed by atoms with Gasteiger partial charge in [0.2, 0.25) is 0 Å². The summed E-state index contributed by atoms with van der Waals surface area (Å²) in [6.07, 6.45) is 3.82. The number of rotatable bonds is 8. The van der Waals surface area contributed by atoms with Crippen molar-refractivity contribution in [2.24, 2.45) is 0 Å². The van der Waals surface area contributed by atoms with Gasteiger partial charge in [-0.05, 0) is 92.2 Å². The van der Waals surface area contributed by atoms with Crippen LogP contribution >= 0.6 is 23.7 Å². The maximum Gasteiger partial charge on any atom is 0.337 e. The second-order valence-corrected chi connectivity index (χ2v) is 10.2. The zero-order chi connectivity index (χ0) is 25.8. The number of methoxy groups -OCH3 is 1. The molecule has 0 spiro atoms. The fraction of sp³-hybridized carbons (Fsp3) is 0.267. The molecule has 0 saturated carbocycles. The minimum atomic E-state index is -0.426. The Balaban J connectivity index is 0.00000336. The standard InChI is InChI=1S/C30H29NO5S.ClH/c1-35-30(34)22-9-14-25-26(19-22)37-29(21-5-10-23(32)11-6-21)27(25)28(33)20-7-12-24(13-8-20)36-18-17-31-15-3-2-4-16-31;/h5-14,19,32H,2-4,15-18H2,1H3;1H. The van der Waals surface area contributed by atoms with E-state index < -0.39 is 5.97 Å². The fourth-order valence-electron chi connectivity index (χ4n) is 4.71. The number of hydrogen-bond donors (Lipinski definition) is 1. The van der Waals surface area contributed by atoms with E-state index >= 15 is 0 Å². The molecule has 5 rings (SSSR count). The van der Waals surface area contributed by atoms with Gasteiger partial charge in [-0.25, -0.2) is 4.79 Å². The number of ether oxygens (including phenoxy) is 2. The number of nitrogens with zero attached hydrogens (tertiary/aromatic N) is 1. The first kappa shape index (κ1) is 27.6. The van der Waals surface area contributed by atoms with Crippen molar-refractivity contribution in [3.05, 3.63) is 83.4 Å². The molecule has 1 aliphatic heterocycles. The number of carbonyl (C=O) groups excluding carboxylic acids is 2. The summed E-state index contributed by atoms with van der Waals surface area (Å²) >= 11 is 1.44. The van der Waals surface area contributed by atoms with E-state index in [2.05, 4.69) is 4.90 Å². The Hall–Kier alpha value is -3.39. The number of hydrogen-bond acceptors (Lipinski definition) is 7. The molecule has 0 bridgehead atoms. The number of fused-ring (bicyclic) bond motifs is 1. The van der Waals surface area contributed by atoms with Gasteiger partial charge in [0.05, 0.1) is 12.7 Å². The second kappa shape index (κ2) is 12.4. The second-order valence-electron chi connectivity index (χ2n) is 9.16. The minimum absolute atomic E-state index is 0. The molecule has 0 radical (unpaired) electrons. The molecular weight excluding hydrogens is 522 g/mol. The van der Waals surface area contributed by atoms with E-state index in [0.717, 1.165) is 45.9 Å². The third kappa shape index (κ3) is 6.01. The third-order valence-corrected chi connectivity index (χ3v) is 7.91. The van der Waals surface area contributed by atoms with Crippen molar-refractivity contribution in [3.8, 4) is 21.9 Å². The summed E-state index contributed by atoms with van der Waals surface area (Å²) in [7, 11) is 1.35. The van der Waals surface area contributed by atoms with E-state index in [4.69, 9.17) is 9.47 Å². The van der Waals surface area contributed by atoms with Gasteiger partial charge in [-0.3, -0.25) is 9.69 Å². The predicted octanol–water partition coefficient (Wildman–Crippen LogP) is 6.58. The predicted molar refractivity (Wildman–Crippen MR) is 153 cm³/mol. The molecule has 0 aliphatic carbocycles. The Morgan fingerprint density at radius 3 is 2.29 bits per heavy atom. The number of esters is 1. The molecule has 3 aromatic carbocycles. The van der Waals surface area contributed by atoms with Crippen molar-refractivity contribution in [1.82, 2.24) is 4.90 Å². The van der Waals surface area contributed by atoms with E-state index in [1.165, 1.54) is 37.7 Å². The summed E-state index contributed by atoms with van der Waals surface area (Å²) in [4.78, 5) is 29.1. The first-order chi connectivity index (χ1) is 18.0. The van der Waals surface area contributed by atoms with Gasteiger partial charge in [0.25, 0.3) is 0 Å². The lowest BCUT2D eigenvalue weighted by Gasteiger charge is -2.26. The van der Waals surface area contributed by atoms with Gasteiger partial charge >= 0.3 is 5.97 Å². The van der Waals surface area contributed by atoms with E-state index in [-0.39, 0.29) is 23.9 Å². The summed E-state index contributed by atoms with van der Waals surface area (Å²) < 4.78 is 11.6. The largest absolute Gasteiger partial charge is 0.508 e. The van der Waals surface area contributed by atoms with Gasteiger partial charge in [-0.1, -0.05) is 12.5 Å². The van der Waals surface area contributed by atoms with Crippen LogP contribution in [0.4, 0.5) is 0 Å². The van der Waals surface area contributed by atoms with Crippen LogP contribution in [-0.2, 0) is 4.74 Å². The smallest absolute Gasteiger partial charge is 0.337 e. The fourth-order valence-corrected chi connectivity index (χ4v) is 5.95. The SMILES string of the molecule is COC(=O)c1ccc2c(C(=O)c3ccc(OCCN4CCCCC4)cc3)c(-c3ccc(O)cc3)sc2c1.Cl. The molecule has 0 unspecified atom stereocenters. The first-order valence-electron chi connectivity index (χ1n) is 12.5. The highest BCUT2D eigenvalue weighted by Crippen LogP contribution is 2.41. The van der Waals surface area contributed by atoms with Gasteiger partial charge in [0, 0.05) is 32.6 Å². The number of benzene rings is 3. The van der Waals surface area contributed by atoms with Crippen molar-refractivity contribution in [3.63, 3.8) is 0 Å². The van der Waals surface area contributed by atoms with E-state index in [1.807, 2.05) is 12.1 Å². The lowest BCUT2D eigenvalue weighted by atomic mass is 9.97. The number of aromatic hydroxyl groups is 1. The molecule has 1 N–H and O–H groups in total. The molecule has 0 atom stereocenters. The average Bonchev–Trinajstić information content (AvgIpc) is 3.32. The van der Waals surface area contributed by atoms with Gasteiger partial charge < -0.3 is 14.6 Å². The Labute approximate surface area is 232 Å². The number of carbonyl (C=O) groups is 2. The summed E-state index contributed by atoms with van der Waals surface area (Å²) in [5.41, 5.74) is 2.37. The number of phenols is 1.